The summed E-state index contributed by atoms with van der Waals surface area (Å²) in [6.07, 6.45) is 0.764. The lowest BCUT2D eigenvalue weighted by Crippen LogP contribution is -2.30. The molecule has 1 saturated heterocycles. The number of benzene rings is 3. The van der Waals surface area contributed by atoms with Gasteiger partial charge in [-0.3, -0.25) is 14.5 Å². The van der Waals surface area contributed by atoms with Gasteiger partial charge in [0.25, 0.3) is 11.7 Å². The van der Waals surface area contributed by atoms with Gasteiger partial charge in [0.05, 0.1) is 48.7 Å². The highest BCUT2D eigenvalue weighted by Gasteiger charge is 2.48. The SMILES string of the molecule is CCCOc1ccccc1N1C(=O)C(=O)/C(=C(/O)c2cc(Cl)c(OC)cc2OC)C1c1ccc(N(C)C)cc1. The van der Waals surface area contributed by atoms with Gasteiger partial charge in [0, 0.05) is 25.8 Å². The fraction of sp³-hybridized carbons (Fsp3) is 0.267. The number of nitrogens with zero attached hydrogens (tertiary/aromatic N) is 2. The van der Waals surface area contributed by atoms with E-state index in [1.807, 2.05) is 50.2 Å². The number of ketones is 1. The van der Waals surface area contributed by atoms with E-state index in [9.17, 15) is 14.7 Å². The number of Topliss-reactive ketones (excluding diaryl/α,β-unsaturated/α-hetero) is 1. The molecule has 4 rings (SSSR count). The molecule has 1 heterocycles. The number of hydrogen-bond acceptors (Lipinski definition) is 7. The van der Waals surface area contributed by atoms with E-state index in [1.54, 1.807) is 24.3 Å². The van der Waals surface area contributed by atoms with Crippen LogP contribution in [0.15, 0.2) is 66.2 Å². The Balaban J connectivity index is 1.98. The molecule has 1 fully saturated rings. The Labute approximate surface area is 233 Å². The quantitative estimate of drug-likeness (QED) is 0.203. The number of hydrogen-bond donors (Lipinski definition) is 1. The van der Waals surface area contributed by atoms with Crippen molar-refractivity contribution in [3.63, 3.8) is 0 Å². The molecule has 0 spiro atoms. The summed E-state index contributed by atoms with van der Waals surface area (Å²) in [6.45, 7) is 2.42. The first-order valence-electron chi connectivity index (χ1n) is 12.4. The Bertz CT molecular complexity index is 1420. The molecule has 1 amide bonds. The number of para-hydroxylation sites is 2. The third-order valence-electron chi connectivity index (χ3n) is 6.49. The Kier molecular flexibility index (Phi) is 8.35. The van der Waals surface area contributed by atoms with Crippen molar-refractivity contribution in [2.24, 2.45) is 0 Å². The summed E-state index contributed by atoms with van der Waals surface area (Å²) < 4.78 is 16.7. The lowest BCUT2D eigenvalue weighted by atomic mass is 9.94. The third kappa shape index (κ3) is 5.25. The Morgan fingerprint density at radius 1 is 0.974 bits per heavy atom. The van der Waals surface area contributed by atoms with E-state index in [0.717, 1.165) is 12.1 Å². The molecule has 3 aromatic rings. The zero-order chi connectivity index (χ0) is 28.3. The van der Waals surface area contributed by atoms with E-state index in [0.29, 0.717) is 29.4 Å². The molecule has 0 radical (unpaired) electrons. The van der Waals surface area contributed by atoms with E-state index in [4.69, 9.17) is 25.8 Å². The number of ether oxygens (including phenoxy) is 3. The largest absolute Gasteiger partial charge is 0.507 e. The van der Waals surface area contributed by atoms with Crippen LogP contribution in [0.2, 0.25) is 5.02 Å². The monoisotopic (exact) mass is 550 g/mol. The summed E-state index contributed by atoms with van der Waals surface area (Å²) in [6, 6.07) is 16.5. The number of aliphatic hydroxyl groups is 1. The van der Waals surface area contributed by atoms with Crippen molar-refractivity contribution in [3.05, 3.63) is 82.4 Å². The van der Waals surface area contributed by atoms with Crippen LogP contribution in [0, 0.1) is 0 Å². The van der Waals surface area contributed by atoms with Gasteiger partial charge in [-0.1, -0.05) is 42.8 Å². The van der Waals surface area contributed by atoms with Crippen LogP contribution >= 0.6 is 11.6 Å². The lowest BCUT2D eigenvalue weighted by Gasteiger charge is -2.27. The first-order valence-corrected chi connectivity index (χ1v) is 12.8. The molecule has 0 bridgehead atoms. The van der Waals surface area contributed by atoms with Crippen molar-refractivity contribution in [1.82, 2.24) is 0 Å². The van der Waals surface area contributed by atoms with Crippen LogP contribution in [0.4, 0.5) is 11.4 Å². The van der Waals surface area contributed by atoms with Gasteiger partial charge in [-0.15, -0.1) is 0 Å². The lowest BCUT2D eigenvalue weighted by molar-refractivity contribution is -0.132. The molecule has 1 aliphatic heterocycles. The van der Waals surface area contributed by atoms with Gasteiger partial charge in [-0.05, 0) is 42.3 Å². The molecule has 8 nitrogen and oxygen atoms in total. The number of amides is 1. The minimum atomic E-state index is -0.946. The summed E-state index contributed by atoms with van der Waals surface area (Å²) in [5.41, 5.74) is 2.05. The highest BCUT2D eigenvalue weighted by molar-refractivity contribution is 6.52. The minimum Gasteiger partial charge on any atom is -0.507 e. The number of carbonyl (C=O) groups is 2. The van der Waals surface area contributed by atoms with E-state index < -0.39 is 23.5 Å². The molecular formula is C30H31ClN2O6. The molecule has 0 aliphatic carbocycles. The maximum absolute atomic E-state index is 13.6. The standard InChI is InChI=1S/C30H31ClN2O6/c1-6-15-39-23-10-8-7-9-22(23)33-27(18-11-13-19(14-12-18)32(2)3)26(29(35)30(33)36)28(34)20-16-21(31)25(38-5)17-24(20)37-4/h7-14,16-17,27,34H,6,15H2,1-5H3/b28-26+. The van der Waals surface area contributed by atoms with Gasteiger partial charge >= 0.3 is 0 Å². The predicted octanol–water partition coefficient (Wildman–Crippen LogP) is 5.84. The summed E-state index contributed by atoms with van der Waals surface area (Å²) in [5.74, 6) is -1.01. The highest BCUT2D eigenvalue weighted by Crippen LogP contribution is 2.46. The summed E-state index contributed by atoms with van der Waals surface area (Å²) in [5, 5.41) is 11.8. The number of halogens is 1. The van der Waals surface area contributed by atoms with Crippen LogP contribution < -0.4 is 24.0 Å². The number of methoxy groups -OCH3 is 2. The first-order chi connectivity index (χ1) is 18.7. The van der Waals surface area contributed by atoms with E-state index in [2.05, 4.69) is 0 Å². The molecule has 0 saturated carbocycles. The van der Waals surface area contributed by atoms with Crippen LogP contribution in [0.3, 0.4) is 0 Å². The second-order valence-electron chi connectivity index (χ2n) is 9.16. The Morgan fingerprint density at radius 3 is 2.26 bits per heavy atom. The van der Waals surface area contributed by atoms with E-state index >= 15 is 0 Å². The molecule has 3 aromatic carbocycles. The Hall–Kier alpha value is -4.17. The van der Waals surface area contributed by atoms with Crippen molar-refractivity contribution in [3.8, 4) is 17.2 Å². The molecular weight excluding hydrogens is 520 g/mol. The molecule has 0 aromatic heterocycles. The van der Waals surface area contributed by atoms with Gasteiger partial charge in [0.2, 0.25) is 0 Å². The van der Waals surface area contributed by atoms with Crippen molar-refractivity contribution in [2.75, 3.05) is 44.7 Å². The molecule has 39 heavy (non-hydrogen) atoms. The second kappa shape index (κ2) is 11.7. The first kappa shape index (κ1) is 27.9. The Morgan fingerprint density at radius 2 is 1.64 bits per heavy atom. The van der Waals surface area contributed by atoms with Gasteiger partial charge in [-0.2, -0.15) is 0 Å². The topological polar surface area (TPSA) is 88.5 Å². The molecule has 9 heteroatoms. The third-order valence-corrected chi connectivity index (χ3v) is 6.78. The number of anilines is 2. The zero-order valence-electron chi connectivity index (χ0n) is 22.5. The smallest absolute Gasteiger partial charge is 0.300 e. The fourth-order valence-corrected chi connectivity index (χ4v) is 4.77. The van der Waals surface area contributed by atoms with Crippen molar-refractivity contribution >= 4 is 40.4 Å². The van der Waals surface area contributed by atoms with Gasteiger partial charge in [0.15, 0.2) is 0 Å². The predicted molar refractivity (Wildman–Crippen MR) is 152 cm³/mol. The van der Waals surface area contributed by atoms with Crippen LogP contribution in [0.5, 0.6) is 17.2 Å². The summed E-state index contributed by atoms with van der Waals surface area (Å²) >= 11 is 6.37. The molecule has 1 N–H and O–H groups in total. The van der Waals surface area contributed by atoms with Crippen molar-refractivity contribution < 1.29 is 28.9 Å². The highest BCUT2D eigenvalue weighted by atomic mass is 35.5. The van der Waals surface area contributed by atoms with Gasteiger partial charge in [-0.25, -0.2) is 0 Å². The summed E-state index contributed by atoms with van der Waals surface area (Å²) in [4.78, 5) is 30.6. The average molecular weight is 551 g/mol. The summed E-state index contributed by atoms with van der Waals surface area (Å²) in [7, 11) is 6.72. The number of rotatable bonds is 9. The van der Waals surface area contributed by atoms with Crippen LogP contribution in [0.1, 0.15) is 30.5 Å². The van der Waals surface area contributed by atoms with Crippen molar-refractivity contribution in [2.45, 2.75) is 19.4 Å². The second-order valence-corrected chi connectivity index (χ2v) is 9.57. The van der Waals surface area contributed by atoms with Crippen LogP contribution in [-0.4, -0.2) is 51.7 Å². The molecule has 1 unspecified atom stereocenters. The van der Waals surface area contributed by atoms with Gasteiger partial charge in [0.1, 0.15) is 23.0 Å². The maximum Gasteiger partial charge on any atom is 0.300 e. The maximum atomic E-state index is 13.6. The molecule has 1 aliphatic rings. The fourth-order valence-electron chi connectivity index (χ4n) is 4.53. The average Bonchev–Trinajstić information content (AvgIpc) is 3.21. The van der Waals surface area contributed by atoms with Gasteiger partial charge < -0.3 is 24.2 Å². The van der Waals surface area contributed by atoms with Crippen molar-refractivity contribution in [1.29, 1.82) is 0 Å². The van der Waals surface area contributed by atoms with Crippen LogP contribution in [-0.2, 0) is 9.59 Å². The minimum absolute atomic E-state index is 0.0950. The zero-order valence-corrected chi connectivity index (χ0v) is 23.3. The number of aliphatic hydroxyl groups excluding tert-OH is 1. The normalized spacial score (nSPS) is 16.4. The molecule has 1 atom stereocenters. The van der Waals surface area contributed by atoms with E-state index in [-0.39, 0.29) is 21.9 Å². The number of carbonyl (C=O) groups excluding carboxylic acids is 2. The van der Waals surface area contributed by atoms with Crippen LogP contribution in [0.25, 0.3) is 5.76 Å². The molecule has 204 valence electrons. The van der Waals surface area contributed by atoms with E-state index in [1.165, 1.54) is 31.3 Å².